The standard InChI is InChI=1S/C74H105N19O13/c1-44(2)39-59(68(102)87-54(62(79)96)42-47-43-83-50-23-10-9-21-48(47)50)92-38-32-74(72(92)106)31-16-37-93(74)71(105)56(41-46-19-7-4-8-20-46)89-65(99)55(40-45-17-5-3-6-18-45)88-64(98)51(27-29-60(77)94)84-63(97)52(28-30-61(78)95)85-66(100)58-26-15-36-91(58)70(104)53(24-11-12-33-75)86-67(101)57-25-14-35-90(57)69(103)49(76)22-13-34-82-73(80)81/h3-10,17-21,23,43-44,49,51-59,83H,11-16,22,24-42,75-76H2,1-2H3,(H2,77,94)(H2,78,95)(H2,79,96)(H,84,97)(H,85,100)(H,86,101)(H,87,102)(H,88,98)(H,89,99)(H4,80,81,82)/t49-,51-,52-,53-,54-,55-,56-,57-,58-,59?,74?/m0/s1. The van der Waals surface area contributed by atoms with Crippen LogP contribution in [-0.4, -0.2) is 213 Å². The number of aliphatic imine (C=N–C) groups is 1. The number of guanidine groups is 1. The molecule has 4 aromatic rings. The zero-order chi connectivity index (χ0) is 76.8. The molecule has 32 heteroatoms. The highest BCUT2D eigenvalue weighted by Crippen LogP contribution is 2.41. The Hall–Kier alpha value is -10.5. The molecule has 4 fully saturated rings. The number of amides is 13. The molecule has 5 heterocycles. The zero-order valence-electron chi connectivity index (χ0n) is 60.5. The summed E-state index contributed by atoms with van der Waals surface area (Å²) in [4.78, 5) is 198. The minimum absolute atomic E-state index is 0.0734. The van der Waals surface area contributed by atoms with Crippen LogP contribution in [0.3, 0.4) is 0 Å². The van der Waals surface area contributed by atoms with Gasteiger partial charge in [-0.2, -0.15) is 0 Å². The third-order valence-electron chi connectivity index (χ3n) is 20.3. The normalized spacial score (nSPS) is 19.3. The van der Waals surface area contributed by atoms with Crippen LogP contribution in [0.5, 0.6) is 0 Å². The summed E-state index contributed by atoms with van der Waals surface area (Å²) in [6.07, 6.45) is 3.74. The van der Waals surface area contributed by atoms with Crippen LogP contribution >= 0.6 is 0 Å². The van der Waals surface area contributed by atoms with E-state index < -0.39 is 168 Å². The second-order valence-corrected chi connectivity index (χ2v) is 28.5. The van der Waals surface area contributed by atoms with Crippen molar-refractivity contribution in [2.24, 2.45) is 51.0 Å². The molecule has 1 aromatic heterocycles. The molecule has 0 saturated carbocycles. The maximum absolute atomic E-state index is 15.6. The summed E-state index contributed by atoms with van der Waals surface area (Å²) >= 11 is 0. The Labute approximate surface area is 616 Å². The average molecular weight is 1470 g/mol. The van der Waals surface area contributed by atoms with E-state index in [1.165, 1.54) is 19.6 Å². The molecule has 4 aliphatic heterocycles. The first-order chi connectivity index (χ1) is 50.7. The third-order valence-corrected chi connectivity index (χ3v) is 20.3. The Kier molecular flexibility index (Phi) is 29.5. The summed E-state index contributed by atoms with van der Waals surface area (Å²) in [6, 6.07) is 12.3. The number of hydrogen-bond acceptors (Lipinski definition) is 16. The Bertz CT molecular complexity index is 3820. The lowest BCUT2D eigenvalue weighted by Gasteiger charge is -2.37. The molecule has 0 bridgehead atoms. The zero-order valence-corrected chi connectivity index (χ0v) is 60.5. The van der Waals surface area contributed by atoms with Gasteiger partial charge in [0.15, 0.2) is 5.96 Å². The number of benzene rings is 3. The van der Waals surface area contributed by atoms with Gasteiger partial charge in [-0.15, -0.1) is 0 Å². The van der Waals surface area contributed by atoms with Crippen molar-refractivity contribution in [1.82, 2.24) is 56.5 Å². The first-order valence-electron chi connectivity index (χ1n) is 36.8. The van der Waals surface area contributed by atoms with Crippen LogP contribution in [0.1, 0.15) is 140 Å². The minimum Gasteiger partial charge on any atom is -0.370 e. The summed E-state index contributed by atoms with van der Waals surface area (Å²) in [6.45, 7) is 4.86. The van der Waals surface area contributed by atoms with Gasteiger partial charge >= 0.3 is 0 Å². The smallest absolute Gasteiger partial charge is 0.249 e. The number of fused-ring (bicyclic) bond motifs is 1. The fourth-order valence-electron chi connectivity index (χ4n) is 14.8. The molecule has 2 unspecified atom stereocenters. The van der Waals surface area contributed by atoms with Crippen molar-refractivity contribution in [3.8, 4) is 0 Å². The fourth-order valence-corrected chi connectivity index (χ4v) is 14.8. The number of unbranched alkanes of at least 4 members (excludes halogenated alkanes) is 1. The van der Waals surface area contributed by atoms with Crippen molar-refractivity contribution < 1.29 is 62.3 Å². The molecule has 1 spiro atoms. The fraction of sp³-hybridized carbons (Fsp3) is 0.541. The number of nitrogens with two attached hydrogens (primary N) is 7. The van der Waals surface area contributed by atoms with Gasteiger partial charge in [0.2, 0.25) is 76.8 Å². The van der Waals surface area contributed by atoms with E-state index in [0.29, 0.717) is 56.1 Å². The van der Waals surface area contributed by atoms with Gasteiger partial charge in [0.1, 0.15) is 59.9 Å². The highest BCUT2D eigenvalue weighted by Gasteiger charge is 2.58. The van der Waals surface area contributed by atoms with Crippen molar-refractivity contribution in [3.63, 3.8) is 0 Å². The molecule has 4 aliphatic rings. The summed E-state index contributed by atoms with van der Waals surface area (Å²) in [5.74, 6) is -9.69. The number of para-hydroxylation sites is 1. The maximum Gasteiger partial charge on any atom is 0.249 e. The molecule has 574 valence electrons. The van der Waals surface area contributed by atoms with Gasteiger partial charge in [-0.1, -0.05) is 92.7 Å². The number of H-pyrrole nitrogens is 1. The van der Waals surface area contributed by atoms with E-state index in [-0.39, 0.29) is 109 Å². The molecular formula is C74H105N19O13. The molecule has 0 radical (unpaired) electrons. The SMILES string of the molecule is CC(C)CC(C(=O)N[C@@H](Cc1c[nH]c2ccccc12)C(N)=O)N1CCC2(CCCN2C(=O)[C@H](Cc2ccccc2)NC(=O)[C@H](Cc2ccccc2)NC(=O)[C@H](CCC(N)=O)NC(=O)[C@H](CCC(N)=O)NC(=O)[C@@H]2CCCN2C(=O)[C@H](CCCCN)NC(=O)[C@@H]2CCCN2C(=O)[C@@H](N)CCCN=C(N)N)C1=O. The van der Waals surface area contributed by atoms with Crippen LogP contribution in [0, 0.1) is 5.92 Å². The first-order valence-corrected chi connectivity index (χ1v) is 36.8. The number of aromatic nitrogens is 1. The topological polar surface area (TPSA) is 517 Å². The van der Waals surface area contributed by atoms with Gasteiger partial charge in [-0.3, -0.25) is 67.3 Å². The molecule has 106 heavy (non-hydrogen) atoms. The highest BCUT2D eigenvalue weighted by molar-refractivity contribution is 6.02. The molecular weight excluding hydrogens is 1360 g/mol. The number of nitrogens with zero attached hydrogens (tertiary/aromatic N) is 5. The number of aromatic amines is 1. The van der Waals surface area contributed by atoms with E-state index in [1.807, 2.05) is 38.1 Å². The van der Waals surface area contributed by atoms with Crippen molar-refractivity contribution in [3.05, 3.63) is 108 Å². The predicted molar refractivity (Wildman–Crippen MR) is 393 cm³/mol. The maximum atomic E-state index is 15.6. The van der Waals surface area contributed by atoms with Crippen LogP contribution < -0.4 is 72.0 Å². The second-order valence-electron chi connectivity index (χ2n) is 28.5. The number of nitrogens with one attached hydrogen (secondary N) is 7. The van der Waals surface area contributed by atoms with E-state index in [4.69, 9.17) is 40.1 Å². The van der Waals surface area contributed by atoms with E-state index >= 15 is 14.4 Å². The summed E-state index contributed by atoms with van der Waals surface area (Å²) < 4.78 is 0. The lowest BCUT2D eigenvalue weighted by atomic mass is 9.92. The lowest BCUT2D eigenvalue weighted by molar-refractivity contribution is -0.151. The number of carbonyl (C=O) groups is 13. The minimum atomic E-state index is -1.65. The van der Waals surface area contributed by atoms with Gasteiger partial charge in [0.25, 0.3) is 0 Å². The quantitative estimate of drug-likeness (QED) is 0.0139. The van der Waals surface area contributed by atoms with Crippen LogP contribution in [0.25, 0.3) is 10.9 Å². The van der Waals surface area contributed by atoms with E-state index in [1.54, 1.807) is 66.9 Å². The Morgan fingerprint density at radius 1 is 0.547 bits per heavy atom. The van der Waals surface area contributed by atoms with Crippen molar-refractivity contribution in [2.75, 3.05) is 39.3 Å². The van der Waals surface area contributed by atoms with E-state index in [0.717, 1.165) is 16.5 Å². The average Bonchev–Trinajstić information content (AvgIpc) is 1.59. The van der Waals surface area contributed by atoms with Crippen molar-refractivity contribution >= 4 is 93.7 Å². The number of hydrogen-bond donors (Lipinski definition) is 14. The van der Waals surface area contributed by atoms with Crippen LogP contribution in [0.4, 0.5) is 0 Å². The Balaban J connectivity index is 0.990. The van der Waals surface area contributed by atoms with Crippen LogP contribution in [0.15, 0.2) is 96.1 Å². The van der Waals surface area contributed by atoms with E-state index in [9.17, 15) is 47.9 Å². The van der Waals surface area contributed by atoms with Gasteiger partial charge in [-0.25, -0.2) is 0 Å². The Morgan fingerprint density at radius 3 is 1.67 bits per heavy atom. The Morgan fingerprint density at radius 2 is 1.08 bits per heavy atom. The van der Waals surface area contributed by atoms with E-state index in [2.05, 4.69) is 41.9 Å². The second kappa shape index (κ2) is 38.5. The van der Waals surface area contributed by atoms with Crippen LogP contribution in [0.2, 0.25) is 0 Å². The summed E-state index contributed by atoms with van der Waals surface area (Å²) in [7, 11) is 0. The van der Waals surface area contributed by atoms with Crippen molar-refractivity contribution in [2.45, 2.75) is 208 Å². The predicted octanol–water partition coefficient (Wildman–Crippen LogP) is -1.38. The van der Waals surface area contributed by atoms with Gasteiger partial charge in [-0.05, 0) is 132 Å². The number of rotatable bonds is 39. The largest absolute Gasteiger partial charge is 0.370 e. The molecule has 0 aliphatic carbocycles. The number of primary amides is 3. The van der Waals surface area contributed by atoms with Crippen LogP contribution in [-0.2, 0) is 81.6 Å². The molecule has 4 saturated heterocycles. The molecule has 11 atom stereocenters. The highest BCUT2D eigenvalue weighted by atomic mass is 16.2. The molecule has 8 rings (SSSR count). The summed E-state index contributed by atoms with van der Waals surface area (Å²) in [5.41, 5.74) is 41.5. The molecule has 13 amide bonds. The monoisotopic (exact) mass is 1470 g/mol. The number of likely N-dealkylation sites (tertiary alicyclic amines) is 4. The number of carbonyl (C=O) groups excluding carboxylic acids is 13. The molecule has 21 N–H and O–H groups in total. The molecule has 32 nitrogen and oxygen atoms in total. The lowest BCUT2D eigenvalue weighted by Crippen LogP contribution is -2.62. The third kappa shape index (κ3) is 21.6. The molecule has 3 aromatic carbocycles. The van der Waals surface area contributed by atoms with Gasteiger partial charge < -0.3 is 96.6 Å². The van der Waals surface area contributed by atoms with Gasteiger partial charge in [0, 0.05) is 81.9 Å². The summed E-state index contributed by atoms with van der Waals surface area (Å²) in [5, 5.41) is 17.4. The van der Waals surface area contributed by atoms with Gasteiger partial charge in [0.05, 0.1) is 6.04 Å². The van der Waals surface area contributed by atoms with Crippen molar-refractivity contribution in [1.29, 1.82) is 0 Å². The first kappa shape index (κ1) is 81.2.